The second-order valence-electron chi connectivity index (χ2n) is 5.15. The first kappa shape index (κ1) is 14.1. The zero-order chi connectivity index (χ0) is 13.8. The average Bonchev–Trinajstić information content (AvgIpc) is 2.98. The minimum Gasteiger partial charge on any atom is -0.462 e. The molecule has 1 unspecified atom stereocenters. The number of hydrogen-bond donors (Lipinski definition) is 0. The van der Waals surface area contributed by atoms with Crippen molar-refractivity contribution in [3.63, 3.8) is 0 Å². The molecule has 19 heavy (non-hydrogen) atoms. The van der Waals surface area contributed by atoms with Gasteiger partial charge in [0.15, 0.2) is 0 Å². The van der Waals surface area contributed by atoms with Crippen LogP contribution in [-0.2, 0) is 18.3 Å². The Labute approximate surface area is 114 Å². The van der Waals surface area contributed by atoms with Crippen molar-refractivity contribution in [3.05, 3.63) is 17.5 Å². The molecule has 0 amide bonds. The van der Waals surface area contributed by atoms with E-state index in [1.54, 1.807) is 10.9 Å². The highest BCUT2D eigenvalue weighted by atomic mass is 16.5. The second kappa shape index (κ2) is 6.19. The fourth-order valence-electron chi connectivity index (χ4n) is 2.63. The van der Waals surface area contributed by atoms with Crippen LogP contribution in [0.3, 0.4) is 0 Å². The molecule has 1 aliphatic heterocycles. The molecule has 1 saturated heterocycles. The Hall–Kier alpha value is -1.36. The van der Waals surface area contributed by atoms with E-state index >= 15 is 0 Å². The number of carbonyl (C=O) groups is 1. The van der Waals surface area contributed by atoms with Gasteiger partial charge >= 0.3 is 5.97 Å². The van der Waals surface area contributed by atoms with Crippen LogP contribution in [0.1, 0.15) is 42.7 Å². The number of aromatic nitrogens is 2. The Morgan fingerprint density at radius 2 is 2.32 bits per heavy atom. The van der Waals surface area contributed by atoms with Crippen LogP contribution in [0, 0.1) is 5.92 Å². The van der Waals surface area contributed by atoms with Crippen LogP contribution < -0.4 is 0 Å². The second-order valence-corrected chi connectivity index (χ2v) is 5.15. The Bertz CT molecular complexity index is 442. The predicted molar refractivity (Wildman–Crippen MR) is 72.8 cm³/mol. The molecule has 5 nitrogen and oxygen atoms in total. The fraction of sp³-hybridized carbons (Fsp3) is 0.714. The smallest absolute Gasteiger partial charge is 0.341 e. The molecule has 0 aromatic carbocycles. The molecule has 106 valence electrons. The predicted octanol–water partition coefficient (Wildman–Crippen LogP) is 1.83. The van der Waals surface area contributed by atoms with Crippen LogP contribution in [-0.4, -0.2) is 40.3 Å². The van der Waals surface area contributed by atoms with Crippen LogP contribution in [0.5, 0.6) is 0 Å². The molecule has 1 aliphatic rings. The van der Waals surface area contributed by atoms with E-state index in [2.05, 4.69) is 16.9 Å². The van der Waals surface area contributed by atoms with E-state index in [0.717, 1.165) is 31.2 Å². The zero-order valence-corrected chi connectivity index (χ0v) is 12.1. The lowest BCUT2D eigenvalue weighted by Gasteiger charge is -2.16. The standard InChI is InChI=1S/C14H23N3O2/c1-4-11-6-7-17(9-11)10-13-12(8-15-16(13)3)14(18)19-5-2/h8,11H,4-7,9-10H2,1-3H3. The van der Waals surface area contributed by atoms with Crippen molar-refractivity contribution in [3.8, 4) is 0 Å². The van der Waals surface area contributed by atoms with E-state index in [0.29, 0.717) is 12.2 Å². The van der Waals surface area contributed by atoms with Crippen LogP contribution in [0.15, 0.2) is 6.20 Å². The Morgan fingerprint density at radius 1 is 1.53 bits per heavy atom. The highest BCUT2D eigenvalue weighted by Crippen LogP contribution is 2.22. The van der Waals surface area contributed by atoms with Crippen molar-refractivity contribution in [2.24, 2.45) is 13.0 Å². The summed E-state index contributed by atoms with van der Waals surface area (Å²) in [4.78, 5) is 14.3. The zero-order valence-electron chi connectivity index (χ0n) is 12.1. The fourth-order valence-corrected chi connectivity index (χ4v) is 2.63. The van der Waals surface area contributed by atoms with Gasteiger partial charge in [-0.05, 0) is 25.8 Å². The summed E-state index contributed by atoms with van der Waals surface area (Å²) in [6.07, 6.45) is 4.09. The monoisotopic (exact) mass is 265 g/mol. The molecule has 1 aromatic rings. The maximum atomic E-state index is 11.9. The first-order chi connectivity index (χ1) is 9.15. The van der Waals surface area contributed by atoms with Gasteiger partial charge in [0.1, 0.15) is 5.56 Å². The van der Waals surface area contributed by atoms with E-state index in [1.165, 1.54) is 12.8 Å². The van der Waals surface area contributed by atoms with Crippen LogP contribution in [0.4, 0.5) is 0 Å². The molecule has 0 spiro atoms. The van der Waals surface area contributed by atoms with E-state index in [9.17, 15) is 4.79 Å². The minimum absolute atomic E-state index is 0.267. The lowest BCUT2D eigenvalue weighted by atomic mass is 10.1. The SMILES string of the molecule is CCOC(=O)c1cnn(C)c1CN1CCC(CC)C1. The van der Waals surface area contributed by atoms with Crippen LogP contribution in [0.25, 0.3) is 0 Å². The molecule has 0 N–H and O–H groups in total. The van der Waals surface area contributed by atoms with Crippen LogP contribution >= 0.6 is 0 Å². The molecule has 1 atom stereocenters. The molecule has 5 heteroatoms. The molecule has 1 fully saturated rings. The quantitative estimate of drug-likeness (QED) is 0.762. The van der Waals surface area contributed by atoms with E-state index in [4.69, 9.17) is 4.74 Å². The van der Waals surface area contributed by atoms with E-state index < -0.39 is 0 Å². The summed E-state index contributed by atoms with van der Waals surface area (Å²) < 4.78 is 6.86. The molecule has 2 rings (SSSR count). The number of hydrogen-bond acceptors (Lipinski definition) is 4. The van der Waals surface area contributed by atoms with E-state index in [1.807, 2.05) is 14.0 Å². The molecule has 0 bridgehead atoms. The highest BCUT2D eigenvalue weighted by Gasteiger charge is 2.24. The Balaban J connectivity index is 2.07. The summed E-state index contributed by atoms with van der Waals surface area (Å²) in [7, 11) is 1.88. The van der Waals surface area contributed by atoms with Gasteiger partial charge < -0.3 is 4.74 Å². The number of esters is 1. The summed E-state index contributed by atoms with van der Waals surface area (Å²) in [5.74, 6) is 0.524. The molecule has 0 saturated carbocycles. The molecular weight excluding hydrogens is 242 g/mol. The lowest BCUT2D eigenvalue weighted by molar-refractivity contribution is 0.0524. The van der Waals surface area contributed by atoms with Gasteiger partial charge in [0.05, 0.1) is 18.5 Å². The molecule has 0 radical (unpaired) electrons. The van der Waals surface area contributed by atoms with Crippen molar-refractivity contribution in [1.29, 1.82) is 0 Å². The maximum Gasteiger partial charge on any atom is 0.341 e. The van der Waals surface area contributed by atoms with Gasteiger partial charge in [0, 0.05) is 20.1 Å². The van der Waals surface area contributed by atoms with Gasteiger partial charge in [-0.3, -0.25) is 9.58 Å². The third-order valence-corrected chi connectivity index (χ3v) is 3.88. The van der Waals surface area contributed by atoms with Crippen LogP contribution in [0.2, 0.25) is 0 Å². The third-order valence-electron chi connectivity index (χ3n) is 3.88. The van der Waals surface area contributed by atoms with Gasteiger partial charge in [-0.1, -0.05) is 13.3 Å². The van der Waals surface area contributed by atoms with Gasteiger partial charge in [-0.25, -0.2) is 4.79 Å². The molecule has 0 aliphatic carbocycles. The molecule has 1 aromatic heterocycles. The summed E-state index contributed by atoms with van der Waals surface area (Å²) >= 11 is 0. The van der Waals surface area contributed by atoms with Crippen molar-refractivity contribution in [2.75, 3.05) is 19.7 Å². The third kappa shape index (κ3) is 3.15. The largest absolute Gasteiger partial charge is 0.462 e. The molecule has 2 heterocycles. The van der Waals surface area contributed by atoms with Crippen molar-refractivity contribution < 1.29 is 9.53 Å². The number of likely N-dealkylation sites (tertiary alicyclic amines) is 1. The normalized spacial score (nSPS) is 19.8. The molecular formula is C14H23N3O2. The van der Waals surface area contributed by atoms with Gasteiger partial charge in [0.2, 0.25) is 0 Å². The number of aryl methyl sites for hydroxylation is 1. The summed E-state index contributed by atoms with van der Waals surface area (Å²) in [6.45, 7) is 7.45. The average molecular weight is 265 g/mol. The first-order valence-corrected chi connectivity index (χ1v) is 7.06. The first-order valence-electron chi connectivity index (χ1n) is 7.06. The highest BCUT2D eigenvalue weighted by molar-refractivity contribution is 5.90. The number of ether oxygens (including phenoxy) is 1. The van der Waals surface area contributed by atoms with Crippen molar-refractivity contribution in [2.45, 2.75) is 33.2 Å². The summed E-state index contributed by atoms with van der Waals surface area (Å²) in [6, 6.07) is 0. The van der Waals surface area contributed by atoms with Gasteiger partial charge in [-0.2, -0.15) is 5.10 Å². The van der Waals surface area contributed by atoms with Gasteiger partial charge in [0.25, 0.3) is 0 Å². The summed E-state index contributed by atoms with van der Waals surface area (Å²) in [5.41, 5.74) is 1.56. The van der Waals surface area contributed by atoms with E-state index in [-0.39, 0.29) is 5.97 Å². The van der Waals surface area contributed by atoms with Crippen molar-refractivity contribution in [1.82, 2.24) is 14.7 Å². The number of carbonyl (C=O) groups excluding carboxylic acids is 1. The topological polar surface area (TPSA) is 47.4 Å². The maximum absolute atomic E-state index is 11.9. The Kier molecular flexibility index (Phi) is 4.58. The lowest BCUT2D eigenvalue weighted by Crippen LogP contribution is -2.23. The Morgan fingerprint density at radius 3 is 2.95 bits per heavy atom. The van der Waals surface area contributed by atoms with Gasteiger partial charge in [-0.15, -0.1) is 0 Å². The summed E-state index contributed by atoms with van der Waals surface area (Å²) in [5, 5.41) is 4.19. The number of nitrogens with zero attached hydrogens (tertiary/aromatic N) is 3. The van der Waals surface area contributed by atoms with Crippen molar-refractivity contribution >= 4 is 5.97 Å². The number of rotatable bonds is 5. The minimum atomic E-state index is -0.267.